The van der Waals surface area contributed by atoms with E-state index in [1.54, 1.807) is 0 Å². The Kier molecular flexibility index (Phi) is 7.34. The molecule has 0 atom stereocenters. The van der Waals surface area contributed by atoms with Crippen LogP contribution in [0.4, 0.5) is 5.82 Å². The molecule has 1 amide bonds. The zero-order valence-electron chi connectivity index (χ0n) is 16.7. The fourth-order valence-corrected chi connectivity index (χ4v) is 2.92. The number of rotatable bonds is 3. The number of aliphatic imine (C=N–C) groups is 1. The quantitative estimate of drug-likeness (QED) is 0.807. The molecule has 0 unspecified atom stereocenters. The van der Waals surface area contributed by atoms with E-state index in [2.05, 4.69) is 4.99 Å². The van der Waals surface area contributed by atoms with Crippen LogP contribution in [0.5, 0.6) is 0 Å². The molecule has 0 aliphatic heterocycles. The maximum Gasteiger partial charge on any atom is 0.251 e. The third-order valence-electron chi connectivity index (χ3n) is 4.05. The molecule has 4 N–H and O–H groups in total. The van der Waals surface area contributed by atoms with Crippen molar-refractivity contribution < 1.29 is 4.79 Å². The van der Waals surface area contributed by atoms with Gasteiger partial charge in [-0.1, -0.05) is 27.7 Å². The summed E-state index contributed by atoms with van der Waals surface area (Å²) >= 11 is 0. The molecular weight excluding hydrogens is 312 g/mol. The Balaban J connectivity index is 0.000000730. The number of nitrogens with zero attached hydrogens (tertiary/aromatic N) is 2. The summed E-state index contributed by atoms with van der Waals surface area (Å²) in [6.07, 6.45) is 2.76. The maximum atomic E-state index is 11.8. The number of carbonyl (C=O) groups is 1. The highest BCUT2D eigenvalue weighted by Crippen LogP contribution is 2.47. The smallest absolute Gasteiger partial charge is 0.251 e. The number of hydrogen-bond donors (Lipinski definition) is 2. The fraction of sp³-hybridized carbons (Fsp3) is 0.550. The summed E-state index contributed by atoms with van der Waals surface area (Å²) < 4.78 is 0. The van der Waals surface area contributed by atoms with Crippen LogP contribution >= 0.6 is 0 Å². The van der Waals surface area contributed by atoms with E-state index < -0.39 is 5.91 Å². The second kappa shape index (κ2) is 8.79. The minimum Gasteiger partial charge on any atom is -0.401 e. The topological polar surface area (TPSA) is 94.4 Å². The first kappa shape index (κ1) is 20.9. The number of primary amides is 1. The Bertz CT molecular complexity index is 709. The van der Waals surface area contributed by atoms with Gasteiger partial charge in [0, 0.05) is 29.3 Å². The van der Waals surface area contributed by atoms with Crippen molar-refractivity contribution in [1.82, 2.24) is 4.98 Å². The first-order valence-corrected chi connectivity index (χ1v) is 9.24. The van der Waals surface area contributed by atoms with Crippen molar-refractivity contribution in [3.05, 3.63) is 28.1 Å². The highest BCUT2D eigenvalue weighted by Gasteiger charge is 2.36. The second-order valence-corrected chi connectivity index (χ2v) is 6.07. The molecule has 0 bridgehead atoms. The van der Waals surface area contributed by atoms with Crippen molar-refractivity contribution in [2.75, 3.05) is 0 Å². The molecule has 0 saturated heterocycles. The summed E-state index contributed by atoms with van der Waals surface area (Å²) in [4.78, 5) is 21.0. The van der Waals surface area contributed by atoms with Crippen molar-refractivity contribution in [2.24, 2.45) is 16.5 Å². The standard InChI is InChI=1S/C16H20N4O.2C2H6/c1-7(2)19-16-8(3)10-6-11(17)13(15(18)21)12(10)14(20-16)9-4-5-9;2*1-2/h9H,4-6,17H2,1-3H3,(H2,18,21);2*1-2H3. The minimum absolute atomic E-state index is 0.408. The van der Waals surface area contributed by atoms with E-state index in [1.807, 2.05) is 48.5 Å². The number of pyridine rings is 1. The van der Waals surface area contributed by atoms with Gasteiger partial charge in [0.25, 0.3) is 5.91 Å². The zero-order chi connectivity index (χ0) is 19.3. The van der Waals surface area contributed by atoms with E-state index in [1.165, 1.54) is 0 Å². The Hall–Kier alpha value is -2.17. The van der Waals surface area contributed by atoms with Crippen molar-refractivity contribution in [1.29, 1.82) is 0 Å². The first-order chi connectivity index (χ1) is 11.9. The Labute approximate surface area is 151 Å². The highest BCUT2D eigenvalue weighted by molar-refractivity contribution is 6.21. The molecule has 2 aliphatic rings. The molecule has 3 rings (SSSR count). The van der Waals surface area contributed by atoms with Crippen molar-refractivity contribution >= 4 is 23.0 Å². The first-order valence-electron chi connectivity index (χ1n) is 9.24. The molecule has 2 aliphatic carbocycles. The fourth-order valence-electron chi connectivity index (χ4n) is 2.92. The van der Waals surface area contributed by atoms with Crippen LogP contribution < -0.4 is 11.5 Å². The third-order valence-corrected chi connectivity index (χ3v) is 4.05. The zero-order valence-corrected chi connectivity index (χ0v) is 16.7. The molecular formula is C20H32N4O. The molecule has 1 aromatic rings. The Morgan fingerprint density at radius 2 is 1.72 bits per heavy atom. The summed E-state index contributed by atoms with van der Waals surface area (Å²) in [6.45, 7) is 13.9. The van der Waals surface area contributed by atoms with Gasteiger partial charge < -0.3 is 11.5 Å². The van der Waals surface area contributed by atoms with Gasteiger partial charge in [0.05, 0.1) is 11.3 Å². The van der Waals surface area contributed by atoms with Gasteiger partial charge in [-0.15, -0.1) is 0 Å². The second-order valence-electron chi connectivity index (χ2n) is 6.07. The van der Waals surface area contributed by atoms with E-state index in [0.29, 0.717) is 23.6 Å². The molecule has 25 heavy (non-hydrogen) atoms. The molecule has 1 fully saturated rings. The van der Waals surface area contributed by atoms with Crippen LogP contribution in [0.25, 0.3) is 5.57 Å². The van der Waals surface area contributed by atoms with Gasteiger partial charge in [-0.2, -0.15) is 0 Å². The van der Waals surface area contributed by atoms with Crippen LogP contribution in [0.2, 0.25) is 0 Å². The molecule has 1 aromatic heterocycles. The molecule has 1 heterocycles. The van der Waals surface area contributed by atoms with Gasteiger partial charge >= 0.3 is 0 Å². The molecule has 0 aromatic carbocycles. The summed E-state index contributed by atoms with van der Waals surface area (Å²) in [7, 11) is 0. The van der Waals surface area contributed by atoms with Crippen molar-refractivity contribution in [3.63, 3.8) is 0 Å². The number of fused-ring (bicyclic) bond motifs is 1. The lowest BCUT2D eigenvalue weighted by Crippen LogP contribution is -2.16. The molecule has 5 heteroatoms. The lowest BCUT2D eigenvalue weighted by Gasteiger charge is -2.14. The average Bonchev–Trinajstić information content (AvgIpc) is 3.35. The summed E-state index contributed by atoms with van der Waals surface area (Å²) in [6, 6.07) is 0. The lowest BCUT2D eigenvalue weighted by molar-refractivity contribution is -0.112. The van der Waals surface area contributed by atoms with Gasteiger partial charge in [0.1, 0.15) is 0 Å². The van der Waals surface area contributed by atoms with Crippen molar-refractivity contribution in [2.45, 2.75) is 73.6 Å². The van der Waals surface area contributed by atoms with E-state index in [0.717, 1.165) is 46.8 Å². The van der Waals surface area contributed by atoms with E-state index in [4.69, 9.17) is 16.5 Å². The van der Waals surface area contributed by atoms with E-state index in [-0.39, 0.29) is 0 Å². The molecule has 5 nitrogen and oxygen atoms in total. The third kappa shape index (κ3) is 4.27. The molecule has 0 radical (unpaired) electrons. The normalized spacial score (nSPS) is 14.7. The van der Waals surface area contributed by atoms with Crippen LogP contribution in [0.3, 0.4) is 0 Å². The van der Waals surface area contributed by atoms with Gasteiger partial charge in [-0.05, 0) is 44.7 Å². The molecule has 1 saturated carbocycles. The number of aromatic nitrogens is 1. The number of allylic oxidation sites excluding steroid dienone is 1. The van der Waals surface area contributed by atoms with Crippen LogP contribution in [0.15, 0.2) is 10.7 Å². The van der Waals surface area contributed by atoms with Crippen LogP contribution in [0.1, 0.15) is 82.7 Å². The average molecular weight is 345 g/mol. The summed E-state index contributed by atoms with van der Waals surface area (Å²) in [5.74, 6) is 0.692. The Morgan fingerprint density at radius 1 is 1.16 bits per heavy atom. The lowest BCUT2D eigenvalue weighted by atomic mass is 9.97. The van der Waals surface area contributed by atoms with E-state index >= 15 is 0 Å². The molecule has 0 spiro atoms. The van der Waals surface area contributed by atoms with Gasteiger partial charge in [0.2, 0.25) is 0 Å². The SMILES string of the molecule is CC.CC.CC(C)=Nc1nc(C2CC2)c2c(c1C)CC(N)=C2C(N)=O. The minimum atomic E-state index is -0.461. The number of nitrogens with two attached hydrogens (primary N) is 2. The Morgan fingerprint density at radius 3 is 2.16 bits per heavy atom. The van der Waals surface area contributed by atoms with Crippen LogP contribution in [-0.4, -0.2) is 16.6 Å². The van der Waals surface area contributed by atoms with Gasteiger partial charge in [0.15, 0.2) is 5.82 Å². The molecule has 138 valence electrons. The van der Waals surface area contributed by atoms with Crippen LogP contribution in [-0.2, 0) is 11.2 Å². The highest BCUT2D eigenvalue weighted by atomic mass is 16.1. The predicted octanol–water partition coefficient (Wildman–Crippen LogP) is 4.14. The largest absolute Gasteiger partial charge is 0.401 e. The van der Waals surface area contributed by atoms with Gasteiger partial charge in [-0.25, -0.2) is 9.98 Å². The van der Waals surface area contributed by atoms with Crippen LogP contribution in [0, 0.1) is 6.92 Å². The van der Waals surface area contributed by atoms with E-state index in [9.17, 15) is 4.79 Å². The number of carbonyl (C=O) groups excluding carboxylic acids is 1. The summed E-state index contributed by atoms with van der Waals surface area (Å²) in [5.41, 5.74) is 17.5. The summed E-state index contributed by atoms with van der Waals surface area (Å²) in [5, 5.41) is 0. The van der Waals surface area contributed by atoms with Gasteiger partial charge in [-0.3, -0.25) is 4.79 Å². The number of amides is 1. The predicted molar refractivity (Wildman–Crippen MR) is 106 cm³/mol. The van der Waals surface area contributed by atoms with Crippen molar-refractivity contribution in [3.8, 4) is 0 Å². The number of hydrogen-bond acceptors (Lipinski definition) is 4. The monoisotopic (exact) mass is 344 g/mol. The maximum absolute atomic E-state index is 11.8.